The quantitative estimate of drug-likeness (QED) is 0.495. The van der Waals surface area contributed by atoms with Gasteiger partial charge in [0.25, 0.3) is 0 Å². The summed E-state index contributed by atoms with van der Waals surface area (Å²) >= 11 is 7.68. The molecule has 22 heavy (non-hydrogen) atoms. The second-order valence-corrected chi connectivity index (χ2v) is 6.20. The molecule has 0 aliphatic rings. The number of carbonyl (C=O) groups is 1. The van der Waals surface area contributed by atoms with Gasteiger partial charge in [0.05, 0.1) is 12.1 Å². The molecule has 0 atom stereocenters. The molecule has 5 heteroatoms. The lowest BCUT2D eigenvalue weighted by atomic mass is 10.1. The summed E-state index contributed by atoms with van der Waals surface area (Å²) in [5.41, 5.74) is 0.996. The molecule has 1 aromatic heterocycles. The van der Waals surface area contributed by atoms with Gasteiger partial charge in [-0.1, -0.05) is 29.8 Å². The summed E-state index contributed by atoms with van der Waals surface area (Å²) in [6.45, 7) is 1.95. The van der Waals surface area contributed by atoms with E-state index in [1.54, 1.807) is 19.2 Å². The first-order valence-electron chi connectivity index (χ1n) is 6.64. The maximum atomic E-state index is 12.3. The molecule has 0 saturated heterocycles. The van der Waals surface area contributed by atoms with Crippen LogP contribution in [0.15, 0.2) is 42.5 Å². The van der Waals surface area contributed by atoms with Crippen LogP contribution in [0.3, 0.4) is 0 Å². The first-order valence-corrected chi connectivity index (χ1v) is 7.83. The molecule has 3 aromatic rings. The van der Waals surface area contributed by atoms with Crippen LogP contribution in [0.2, 0.25) is 5.02 Å². The van der Waals surface area contributed by atoms with Crippen molar-refractivity contribution in [2.24, 2.45) is 0 Å². The third-order valence-electron chi connectivity index (χ3n) is 3.28. The number of hydrogen-bond acceptors (Lipinski definition) is 4. The number of hydrogen-bond donors (Lipinski definition) is 0. The van der Waals surface area contributed by atoms with Gasteiger partial charge in [-0.05, 0) is 36.8 Å². The van der Waals surface area contributed by atoms with Gasteiger partial charge in [-0.2, -0.15) is 0 Å². The highest BCUT2D eigenvalue weighted by Crippen LogP contribution is 2.39. The number of aryl methyl sites for hydroxylation is 1. The highest BCUT2D eigenvalue weighted by molar-refractivity contribution is 7.21. The lowest BCUT2D eigenvalue weighted by Crippen LogP contribution is -2.06. The Bertz CT molecular complexity index is 840. The van der Waals surface area contributed by atoms with Gasteiger partial charge in [0, 0.05) is 10.1 Å². The summed E-state index contributed by atoms with van der Waals surface area (Å²) < 4.78 is 11.6. The van der Waals surface area contributed by atoms with Gasteiger partial charge in [0.1, 0.15) is 16.4 Å². The van der Waals surface area contributed by atoms with E-state index in [0.29, 0.717) is 15.6 Å². The fraction of sp³-hybridized carbons (Fsp3) is 0.118. The summed E-state index contributed by atoms with van der Waals surface area (Å²) in [4.78, 5) is 12.7. The molecule has 0 spiro atoms. The number of benzene rings is 2. The van der Waals surface area contributed by atoms with Crippen molar-refractivity contribution in [3.63, 3.8) is 0 Å². The number of thiophene rings is 1. The fourth-order valence-electron chi connectivity index (χ4n) is 2.19. The predicted molar refractivity (Wildman–Crippen MR) is 89.5 cm³/mol. The molecule has 0 bridgehead atoms. The van der Waals surface area contributed by atoms with Gasteiger partial charge in [0.2, 0.25) is 0 Å². The Kier molecular flexibility index (Phi) is 4.05. The third-order valence-corrected chi connectivity index (χ3v) is 4.92. The summed E-state index contributed by atoms with van der Waals surface area (Å²) in [6, 6.07) is 12.7. The second kappa shape index (κ2) is 5.99. The van der Waals surface area contributed by atoms with Crippen LogP contribution in [0.25, 0.3) is 10.1 Å². The molecule has 112 valence electrons. The molecule has 0 unspecified atom stereocenters. The molecule has 3 nitrogen and oxygen atoms in total. The molecule has 2 aromatic carbocycles. The summed E-state index contributed by atoms with van der Waals surface area (Å²) in [6.07, 6.45) is 0. The molecule has 0 amide bonds. The molecule has 0 fully saturated rings. The topological polar surface area (TPSA) is 35.5 Å². The predicted octanol–water partition coefficient (Wildman–Crippen LogP) is 5.09. The Labute approximate surface area is 137 Å². The molecule has 0 aliphatic carbocycles. The van der Waals surface area contributed by atoms with Crippen molar-refractivity contribution < 1.29 is 14.3 Å². The van der Waals surface area contributed by atoms with Crippen LogP contribution in [-0.2, 0) is 0 Å². The van der Waals surface area contributed by atoms with E-state index in [1.165, 1.54) is 11.3 Å². The van der Waals surface area contributed by atoms with Gasteiger partial charge in [0.15, 0.2) is 0 Å². The zero-order chi connectivity index (χ0) is 15.7. The van der Waals surface area contributed by atoms with E-state index in [9.17, 15) is 4.79 Å². The van der Waals surface area contributed by atoms with E-state index in [-0.39, 0.29) is 0 Å². The Morgan fingerprint density at radius 3 is 2.59 bits per heavy atom. The lowest BCUT2D eigenvalue weighted by Gasteiger charge is -2.04. The normalized spacial score (nSPS) is 10.7. The van der Waals surface area contributed by atoms with E-state index < -0.39 is 5.97 Å². The fourth-order valence-corrected chi connectivity index (χ4v) is 3.64. The number of carbonyl (C=O) groups excluding carboxylic acids is 1. The Balaban J connectivity index is 2.00. The molecule has 0 aliphatic heterocycles. The van der Waals surface area contributed by atoms with Crippen molar-refractivity contribution >= 4 is 39.0 Å². The Morgan fingerprint density at radius 1 is 1.18 bits per heavy atom. The van der Waals surface area contributed by atoms with Crippen molar-refractivity contribution in [2.75, 3.05) is 7.11 Å². The van der Waals surface area contributed by atoms with Crippen LogP contribution >= 0.6 is 22.9 Å². The van der Waals surface area contributed by atoms with Crippen molar-refractivity contribution in [2.45, 2.75) is 6.92 Å². The molecule has 0 saturated carbocycles. The molecular weight excluding hydrogens is 320 g/mol. The van der Waals surface area contributed by atoms with Gasteiger partial charge < -0.3 is 9.47 Å². The summed E-state index contributed by atoms with van der Waals surface area (Å²) in [5, 5.41) is 1.20. The molecule has 3 rings (SSSR count). The van der Waals surface area contributed by atoms with Gasteiger partial charge in [-0.15, -0.1) is 11.3 Å². The van der Waals surface area contributed by atoms with Crippen LogP contribution in [0.5, 0.6) is 11.5 Å². The Morgan fingerprint density at radius 2 is 1.91 bits per heavy atom. The van der Waals surface area contributed by atoms with Crippen LogP contribution in [-0.4, -0.2) is 13.1 Å². The van der Waals surface area contributed by atoms with Gasteiger partial charge >= 0.3 is 5.97 Å². The first-order chi connectivity index (χ1) is 10.6. The minimum atomic E-state index is -0.450. The average Bonchev–Trinajstić information content (AvgIpc) is 2.83. The second-order valence-electron chi connectivity index (χ2n) is 4.77. The van der Waals surface area contributed by atoms with E-state index in [2.05, 4.69) is 0 Å². The number of rotatable bonds is 3. The van der Waals surface area contributed by atoms with Crippen molar-refractivity contribution in [1.82, 2.24) is 0 Å². The number of para-hydroxylation sites is 1. The molecule has 1 heterocycles. The number of halogens is 1. The van der Waals surface area contributed by atoms with E-state index in [0.717, 1.165) is 21.4 Å². The summed E-state index contributed by atoms with van der Waals surface area (Å²) in [7, 11) is 1.61. The minimum Gasteiger partial charge on any atom is -0.496 e. The molecule has 0 N–H and O–H groups in total. The van der Waals surface area contributed by atoms with Crippen molar-refractivity contribution in [3.05, 3.63) is 57.9 Å². The number of methoxy groups -OCH3 is 1. The maximum Gasteiger partial charge on any atom is 0.355 e. The number of fused-ring (bicyclic) bond motifs is 1. The zero-order valence-electron chi connectivity index (χ0n) is 12.1. The SMILES string of the molecule is COc1cc2c(Cl)c(C(=O)Oc3ccccc3)sc2cc1C. The monoisotopic (exact) mass is 332 g/mol. The van der Waals surface area contributed by atoms with E-state index >= 15 is 0 Å². The Hall–Kier alpha value is -2.04. The largest absolute Gasteiger partial charge is 0.496 e. The maximum absolute atomic E-state index is 12.3. The number of ether oxygens (including phenoxy) is 2. The lowest BCUT2D eigenvalue weighted by molar-refractivity contribution is 0.0740. The van der Waals surface area contributed by atoms with Crippen LogP contribution in [0.4, 0.5) is 0 Å². The van der Waals surface area contributed by atoms with Gasteiger partial charge in [-0.3, -0.25) is 0 Å². The standard InChI is InChI=1S/C17H13ClO3S/c1-10-8-14-12(9-13(10)20-2)15(18)16(22-14)17(19)21-11-6-4-3-5-7-11/h3-9H,1-2H3. The zero-order valence-corrected chi connectivity index (χ0v) is 13.6. The van der Waals surface area contributed by atoms with Crippen LogP contribution in [0, 0.1) is 6.92 Å². The average molecular weight is 333 g/mol. The highest BCUT2D eigenvalue weighted by atomic mass is 35.5. The number of esters is 1. The highest BCUT2D eigenvalue weighted by Gasteiger charge is 2.20. The van der Waals surface area contributed by atoms with Crippen LogP contribution < -0.4 is 9.47 Å². The van der Waals surface area contributed by atoms with Gasteiger partial charge in [-0.25, -0.2) is 4.79 Å². The summed E-state index contributed by atoms with van der Waals surface area (Å²) in [5.74, 6) is 0.791. The van der Waals surface area contributed by atoms with E-state index in [1.807, 2.05) is 37.3 Å². The van der Waals surface area contributed by atoms with Crippen LogP contribution in [0.1, 0.15) is 15.2 Å². The third kappa shape index (κ3) is 2.67. The van der Waals surface area contributed by atoms with E-state index in [4.69, 9.17) is 21.1 Å². The molecular formula is C17H13ClO3S. The molecule has 0 radical (unpaired) electrons. The first kappa shape index (κ1) is 14.9. The minimum absolute atomic E-state index is 0.396. The smallest absolute Gasteiger partial charge is 0.355 e. The van der Waals surface area contributed by atoms with Crippen molar-refractivity contribution in [1.29, 1.82) is 0 Å². The van der Waals surface area contributed by atoms with Crippen molar-refractivity contribution in [3.8, 4) is 11.5 Å².